The molecule has 7 heteroatoms. The maximum absolute atomic E-state index is 12.5. The zero-order chi connectivity index (χ0) is 15.5. The maximum atomic E-state index is 12.5. The molecule has 3 N–H and O–H groups in total. The van der Waals surface area contributed by atoms with Gasteiger partial charge in [0.1, 0.15) is 6.04 Å². The van der Waals surface area contributed by atoms with Gasteiger partial charge in [0.2, 0.25) is 5.91 Å². The molecule has 1 heterocycles. The van der Waals surface area contributed by atoms with E-state index in [2.05, 4.69) is 0 Å². The zero-order valence-corrected chi connectivity index (χ0v) is 12.5. The Labute approximate surface area is 124 Å². The Kier molecular flexibility index (Phi) is 4.97. The van der Waals surface area contributed by atoms with E-state index in [-0.39, 0.29) is 30.6 Å². The molecule has 0 radical (unpaired) electrons. The fourth-order valence-corrected chi connectivity index (χ4v) is 4.31. The van der Waals surface area contributed by atoms with Crippen molar-refractivity contribution in [3.8, 4) is 0 Å². The van der Waals surface area contributed by atoms with Gasteiger partial charge in [-0.2, -0.15) is 0 Å². The Balaban J connectivity index is 2.16. The number of aliphatic hydroxyl groups is 1. The molecular formula is C14H20N2O4S. The minimum Gasteiger partial charge on any atom is -0.395 e. The molecule has 1 unspecified atom stereocenters. The van der Waals surface area contributed by atoms with E-state index in [9.17, 15) is 13.2 Å². The molecule has 0 aromatic heterocycles. The summed E-state index contributed by atoms with van der Waals surface area (Å²) in [4.78, 5) is 13.9. The van der Waals surface area contributed by atoms with Crippen LogP contribution in [-0.2, 0) is 14.6 Å². The minimum atomic E-state index is -3.10. The van der Waals surface area contributed by atoms with Crippen LogP contribution >= 0.6 is 0 Å². The molecule has 6 nitrogen and oxygen atoms in total. The average molecular weight is 312 g/mol. The van der Waals surface area contributed by atoms with E-state index in [1.54, 1.807) is 24.3 Å². The first kappa shape index (κ1) is 15.9. The standard InChI is InChI=1S/C14H20N2O4S/c15-13(11-4-2-1-3-5-11)14(18)16(7-8-17)12-6-9-21(19,20)10-12/h1-5,12-13,17H,6-10,15H2/t12?,13-/m0/s1. The second-order valence-corrected chi connectivity index (χ2v) is 7.43. The molecule has 21 heavy (non-hydrogen) atoms. The van der Waals surface area contributed by atoms with Crippen LogP contribution in [0.3, 0.4) is 0 Å². The van der Waals surface area contributed by atoms with Gasteiger partial charge in [-0.05, 0) is 12.0 Å². The van der Waals surface area contributed by atoms with Crippen molar-refractivity contribution in [2.24, 2.45) is 5.73 Å². The number of benzene rings is 1. The molecule has 1 aliphatic rings. The SMILES string of the molecule is N[C@H](C(=O)N(CCO)C1CCS(=O)(=O)C1)c1ccccc1. The van der Waals surface area contributed by atoms with Crippen LogP contribution in [0.4, 0.5) is 0 Å². The van der Waals surface area contributed by atoms with Gasteiger partial charge in [0, 0.05) is 12.6 Å². The van der Waals surface area contributed by atoms with Crippen molar-refractivity contribution in [3.05, 3.63) is 35.9 Å². The van der Waals surface area contributed by atoms with Crippen molar-refractivity contribution in [2.45, 2.75) is 18.5 Å². The molecule has 116 valence electrons. The molecule has 2 atom stereocenters. The highest BCUT2D eigenvalue weighted by atomic mass is 32.2. The third kappa shape index (κ3) is 3.81. The lowest BCUT2D eigenvalue weighted by molar-refractivity contribution is -0.135. The summed E-state index contributed by atoms with van der Waals surface area (Å²) in [6.07, 6.45) is 0.398. The van der Waals surface area contributed by atoms with Crippen LogP contribution in [-0.4, -0.2) is 55.0 Å². The Morgan fingerprint density at radius 2 is 2.05 bits per heavy atom. The van der Waals surface area contributed by atoms with E-state index in [0.29, 0.717) is 12.0 Å². The lowest BCUT2D eigenvalue weighted by Gasteiger charge is -2.30. The summed E-state index contributed by atoms with van der Waals surface area (Å²) in [5.41, 5.74) is 6.66. The molecule has 1 fully saturated rings. The average Bonchev–Trinajstić information content (AvgIpc) is 2.84. The lowest BCUT2D eigenvalue weighted by atomic mass is 10.1. The van der Waals surface area contributed by atoms with E-state index in [1.807, 2.05) is 6.07 Å². The summed E-state index contributed by atoms with van der Waals surface area (Å²) in [7, 11) is -3.10. The quantitative estimate of drug-likeness (QED) is 0.777. The van der Waals surface area contributed by atoms with E-state index in [0.717, 1.165) is 0 Å². The monoisotopic (exact) mass is 312 g/mol. The van der Waals surface area contributed by atoms with Gasteiger partial charge in [-0.25, -0.2) is 8.42 Å². The van der Waals surface area contributed by atoms with Crippen LogP contribution in [0.1, 0.15) is 18.0 Å². The number of rotatable bonds is 5. The molecule has 1 saturated heterocycles. The van der Waals surface area contributed by atoms with Crippen molar-refractivity contribution in [3.63, 3.8) is 0 Å². The molecule has 2 rings (SSSR count). The Hall–Kier alpha value is -1.44. The number of amides is 1. The van der Waals surface area contributed by atoms with Gasteiger partial charge in [-0.3, -0.25) is 4.79 Å². The highest BCUT2D eigenvalue weighted by Gasteiger charge is 2.36. The summed E-state index contributed by atoms with van der Waals surface area (Å²) < 4.78 is 23.2. The van der Waals surface area contributed by atoms with Crippen molar-refractivity contribution >= 4 is 15.7 Å². The Morgan fingerprint density at radius 1 is 1.38 bits per heavy atom. The molecule has 0 bridgehead atoms. The van der Waals surface area contributed by atoms with Crippen LogP contribution < -0.4 is 5.73 Å². The molecule has 0 saturated carbocycles. The smallest absolute Gasteiger partial charge is 0.244 e. The van der Waals surface area contributed by atoms with Crippen LogP contribution in [0.25, 0.3) is 0 Å². The van der Waals surface area contributed by atoms with Gasteiger partial charge in [0.15, 0.2) is 9.84 Å². The van der Waals surface area contributed by atoms with Crippen molar-refractivity contribution < 1.29 is 18.3 Å². The third-order valence-corrected chi connectivity index (χ3v) is 5.45. The zero-order valence-electron chi connectivity index (χ0n) is 11.7. The van der Waals surface area contributed by atoms with Crippen LogP contribution in [0, 0.1) is 0 Å². The van der Waals surface area contributed by atoms with Gasteiger partial charge in [0.05, 0.1) is 18.1 Å². The van der Waals surface area contributed by atoms with Crippen molar-refractivity contribution in [2.75, 3.05) is 24.7 Å². The summed E-state index contributed by atoms with van der Waals surface area (Å²) in [6.45, 7) is -0.122. The molecule has 1 aliphatic heterocycles. The minimum absolute atomic E-state index is 0.0553. The van der Waals surface area contributed by atoms with Crippen LogP contribution in [0.15, 0.2) is 30.3 Å². The number of nitrogens with zero attached hydrogens (tertiary/aromatic N) is 1. The Bertz CT molecular complexity index is 588. The van der Waals surface area contributed by atoms with E-state index in [1.165, 1.54) is 4.90 Å². The Morgan fingerprint density at radius 3 is 2.57 bits per heavy atom. The largest absolute Gasteiger partial charge is 0.395 e. The van der Waals surface area contributed by atoms with E-state index in [4.69, 9.17) is 10.8 Å². The number of hydrogen-bond acceptors (Lipinski definition) is 5. The first-order chi connectivity index (χ1) is 9.94. The number of sulfone groups is 1. The number of hydrogen-bond donors (Lipinski definition) is 2. The topological polar surface area (TPSA) is 101 Å². The second kappa shape index (κ2) is 6.55. The molecule has 1 amide bonds. The van der Waals surface area contributed by atoms with Crippen molar-refractivity contribution in [1.29, 1.82) is 0 Å². The number of carbonyl (C=O) groups excluding carboxylic acids is 1. The van der Waals surface area contributed by atoms with Gasteiger partial charge < -0.3 is 15.7 Å². The molecular weight excluding hydrogens is 292 g/mol. The number of aliphatic hydroxyl groups excluding tert-OH is 1. The fraction of sp³-hybridized carbons (Fsp3) is 0.500. The highest BCUT2D eigenvalue weighted by Crippen LogP contribution is 2.21. The van der Waals surface area contributed by atoms with Gasteiger partial charge in [-0.1, -0.05) is 30.3 Å². The molecule has 1 aromatic rings. The van der Waals surface area contributed by atoms with E-state index >= 15 is 0 Å². The van der Waals surface area contributed by atoms with Crippen molar-refractivity contribution in [1.82, 2.24) is 4.90 Å². The normalized spacial score (nSPS) is 21.9. The van der Waals surface area contributed by atoms with Crippen LogP contribution in [0.2, 0.25) is 0 Å². The van der Waals surface area contributed by atoms with Crippen LogP contribution in [0.5, 0.6) is 0 Å². The first-order valence-corrected chi connectivity index (χ1v) is 8.69. The molecule has 0 aliphatic carbocycles. The highest BCUT2D eigenvalue weighted by molar-refractivity contribution is 7.91. The first-order valence-electron chi connectivity index (χ1n) is 6.87. The maximum Gasteiger partial charge on any atom is 0.244 e. The predicted molar refractivity (Wildman–Crippen MR) is 79.2 cm³/mol. The number of carbonyl (C=O) groups is 1. The lowest BCUT2D eigenvalue weighted by Crippen LogP contribution is -2.47. The summed E-state index contributed by atoms with van der Waals surface area (Å²) in [5, 5.41) is 9.14. The van der Waals surface area contributed by atoms with Gasteiger partial charge in [0.25, 0.3) is 0 Å². The second-order valence-electron chi connectivity index (χ2n) is 5.20. The summed E-state index contributed by atoms with van der Waals surface area (Å²) >= 11 is 0. The third-order valence-electron chi connectivity index (χ3n) is 3.70. The molecule has 1 aromatic carbocycles. The van der Waals surface area contributed by atoms with Gasteiger partial charge in [-0.15, -0.1) is 0 Å². The molecule has 0 spiro atoms. The van der Waals surface area contributed by atoms with E-state index < -0.39 is 21.9 Å². The summed E-state index contributed by atoms with van der Waals surface area (Å²) in [5.74, 6) is -0.328. The summed E-state index contributed by atoms with van der Waals surface area (Å²) in [6, 6.07) is 7.68. The fourth-order valence-electron chi connectivity index (χ4n) is 2.58. The van der Waals surface area contributed by atoms with Gasteiger partial charge >= 0.3 is 0 Å². The predicted octanol–water partition coefficient (Wildman–Crippen LogP) is -0.306. The number of nitrogens with two attached hydrogens (primary N) is 1.